The van der Waals surface area contributed by atoms with E-state index in [1.165, 1.54) is 23.5 Å². The number of aryl methyl sites for hydroxylation is 2. The van der Waals surface area contributed by atoms with Crippen LogP contribution < -0.4 is 5.32 Å². The molecule has 160 valence electrons. The number of benzene rings is 2. The summed E-state index contributed by atoms with van der Waals surface area (Å²) in [5.41, 5.74) is 2.83. The molecule has 1 amide bonds. The second-order valence-electron chi connectivity index (χ2n) is 6.67. The van der Waals surface area contributed by atoms with E-state index in [-0.39, 0.29) is 24.7 Å². The molecule has 2 aromatic carbocycles. The van der Waals surface area contributed by atoms with Gasteiger partial charge in [0, 0.05) is 11.3 Å². The zero-order chi connectivity index (χ0) is 22.5. The minimum Gasteiger partial charge on any atom is -0.478 e. The Kier molecular flexibility index (Phi) is 6.66. The standard InChI is InChI=1S/C22H20N2O6S/c1-4-7-29-22(28)30-11-19-24-17-10-14(5-6-18(17)31-19)23-20(25)15-8-13(3)16(21(26)27)9-12(15)2/h4-6,8-10H,1,7,11H2,2-3H3,(H,23,25)(H,26,27). The van der Waals surface area contributed by atoms with Gasteiger partial charge >= 0.3 is 12.1 Å². The van der Waals surface area contributed by atoms with Crippen molar-refractivity contribution in [1.82, 2.24) is 4.98 Å². The highest BCUT2D eigenvalue weighted by atomic mass is 32.1. The molecule has 2 N–H and O–H groups in total. The Balaban J connectivity index is 1.73. The fraction of sp³-hybridized carbons (Fsp3) is 0.182. The first kappa shape index (κ1) is 22.0. The number of thiazole rings is 1. The molecule has 1 heterocycles. The minimum atomic E-state index is -1.03. The number of carbonyl (C=O) groups excluding carboxylic acids is 2. The predicted octanol–water partition coefficient (Wildman–Crippen LogP) is 4.70. The molecule has 0 saturated heterocycles. The number of nitrogens with zero attached hydrogens (tertiary/aromatic N) is 1. The molecule has 0 atom stereocenters. The molecule has 0 fully saturated rings. The Labute approximate surface area is 182 Å². The third kappa shape index (κ3) is 5.26. The molecule has 0 aliphatic rings. The number of carbonyl (C=O) groups is 3. The van der Waals surface area contributed by atoms with Gasteiger partial charge in [-0.05, 0) is 55.3 Å². The molecule has 9 heteroatoms. The zero-order valence-electron chi connectivity index (χ0n) is 16.9. The molecular weight excluding hydrogens is 420 g/mol. The highest BCUT2D eigenvalue weighted by Crippen LogP contribution is 2.26. The van der Waals surface area contributed by atoms with E-state index in [9.17, 15) is 19.5 Å². The number of carboxylic acids is 1. The quantitative estimate of drug-likeness (QED) is 0.404. The Morgan fingerprint density at radius 2 is 1.84 bits per heavy atom. The summed E-state index contributed by atoms with van der Waals surface area (Å²) in [6.45, 7) is 6.84. The van der Waals surface area contributed by atoms with E-state index in [1.807, 2.05) is 6.07 Å². The van der Waals surface area contributed by atoms with Gasteiger partial charge in [-0.1, -0.05) is 12.7 Å². The van der Waals surface area contributed by atoms with Gasteiger partial charge in [0.1, 0.15) is 18.2 Å². The number of rotatable bonds is 7. The number of aromatic nitrogens is 1. The molecule has 3 aromatic rings. The average Bonchev–Trinajstić information content (AvgIpc) is 3.14. The van der Waals surface area contributed by atoms with Crippen LogP contribution in [0.4, 0.5) is 10.5 Å². The van der Waals surface area contributed by atoms with Crippen molar-refractivity contribution < 1.29 is 29.0 Å². The number of hydrogen-bond acceptors (Lipinski definition) is 7. The van der Waals surface area contributed by atoms with Crippen LogP contribution in [0.15, 0.2) is 43.0 Å². The van der Waals surface area contributed by atoms with E-state index in [0.29, 0.717) is 32.9 Å². The van der Waals surface area contributed by atoms with Gasteiger partial charge in [-0.15, -0.1) is 11.3 Å². The summed E-state index contributed by atoms with van der Waals surface area (Å²) in [7, 11) is 0. The van der Waals surface area contributed by atoms with Crippen LogP contribution >= 0.6 is 11.3 Å². The summed E-state index contributed by atoms with van der Waals surface area (Å²) in [6, 6.07) is 8.33. The van der Waals surface area contributed by atoms with Crippen molar-refractivity contribution in [2.75, 3.05) is 11.9 Å². The van der Waals surface area contributed by atoms with Gasteiger partial charge in [0.15, 0.2) is 0 Å². The number of hydrogen-bond donors (Lipinski definition) is 2. The lowest BCUT2D eigenvalue weighted by Crippen LogP contribution is -2.15. The maximum Gasteiger partial charge on any atom is 0.509 e. The van der Waals surface area contributed by atoms with Crippen LogP contribution in [0.5, 0.6) is 0 Å². The van der Waals surface area contributed by atoms with Crippen molar-refractivity contribution in [2.45, 2.75) is 20.5 Å². The summed E-state index contributed by atoms with van der Waals surface area (Å²) in [5.74, 6) is -1.38. The molecule has 0 saturated carbocycles. The largest absolute Gasteiger partial charge is 0.509 e. The highest BCUT2D eigenvalue weighted by Gasteiger charge is 2.16. The van der Waals surface area contributed by atoms with Crippen molar-refractivity contribution in [3.05, 3.63) is 70.2 Å². The van der Waals surface area contributed by atoms with E-state index >= 15 is 0 Å². The third-order valence-corrected chi connectivity index (χ3v) is 5.38. The van der Waals surface area contributed by atoms with E-state index < -0.39 is 12.1 Å². The summed E-state index contributed by atoms with van der Waals surface area (Å²) in [4.78, 5) is 39.8. The van der Waals surface area contributed by atoms with Crippen LogP contribution in [0.3, 0.4) is 0 Å². The second kappa shape index (κ2) is 9.40. The van der Waals surface area contributed by atoms with Crippen LogP contribution in [-0.4, -0.2) is 34.7 Å². The number of carboxylic acid groups (broad SMARTS) is 1. The maximum absolute atomic E-state index is 12.7. The molecular formula is C22H20N2O6S. The zero-order valence-corrected chi connectivity index (χ0v) is 17.7. The fourth-order valence-electron chi connectivity index (χ4n) is 2.89. The number of ether oxygens (including phenoxy) is 2. The molecule has 8 nitrogen and oxygen atoms in total. The molecule has 0 aliphatic heterocycles. The van der Waals surface area contributed by atoms with Crippen LogP contribution in [0.1, 0.15) is 36.9 Å². The minimum absolute atomic E-state index is 0.0224. The lowest BCUT2D eigenvalue weighted by Gasteiger charge is -2.10. The molecule has 0 bridgehead atoms. The predicted molar refractivity (Wildman–Crippen MR) is 117 cm³/mol. The van der Waals surface area contributed by atoms with Gasteiger partial charge in [0.25, 0.3) is 5.91 Å². The lowest BCUT2D eigenvalue weighted by atomic mass is 9.99. The summed E-state index contributed by atoms with van der Waals surface area (Å²) in [6.07, 6.45) is 0.643. The molecule has 0 spiro atoms. The monoisotopic (exact) mass is 440 g/mol. The first-order valence-corrected chi connectivity index (χ1v) is 10.1. The van der Waals surface area contributed by atoms with Crippen LogP contribution in [-0.2, 0) is 16.1 Å². The Morgan fingerprint density at radius 1 is 1.13 bits per heavy atom. The molecule has 31 heavy (non-hydrogen) atoms. The number of nitrogens with one attached hydrogen (secondary N) is 1. The first-order valence-electron chi connectivity index (χ1n) is 9.24. The van der Waals surface area contributed by atoms with Crippen LogP contribution in [0.2, 0.25) is 0 Å². The van der Waals surface area contributed by atoms with Gasteiger partial charge in [-0.3, -0.25) is 4.79 Å². The smallest absolute Gasteiger partial charge is 0.478 e. The Hall–Kier alpha value is -3.72. The Bertz CT molecular complexity index is 1180. The Morgan fingerprint density at radius 3 is 2.55 bits per heavy atom. The van der Waals surface area contributed by atoms with E-state index in [2.05, 4.69) is 16.9 Å². The number of fused-ring (bicyclic) bond motifs is 1. The van der Waals surface area contributed by atoms with Gasteiger partial charge in [0.05, 0.1) is 15.8 Å². The van der Waals surface area contributed by atoms with E-state index in [1.54, 1.807) is 32.0 Å². The number of anilines is 1. The second-order valence-corrected chi connectivity index (χ2v) is 7.78. The summed E-state index contributed by atoms with van der Waals surface area (Å²) in [5, 5.41) is 12.6. The summed E-state index contributed by atoms with van der Waals surface area (Å²) >= 11 is 1.36. The SMILES string of the molecule is C=CCOC(=O)OCc1nc2cc(NC(=O)c3cc(C)c(C(=O)O)cc3C)ccc2s1. The van der Waals surface area contributed by atoms with Crippen LogP contribution in [0.25, 0.3) is 10.2 Å². The first-order chi connectivity index (χ1) is 14.8. The number of amides is 1. The number of aromatic carboxylic acids is 1. The van der Waals surface area contributed by atoms with Crippen molar-refractivity contribution in [3.8, 4) is 0 Å². The lowest BCUT2D eigenvalue weighted by molar-refractivity contribution is 0.0576. The molecule has 3 rings (SSSR count). The van der Waals surface area contributed by atoms with Crippen molar-refractivity contribution in [3.63, 3.8) is 0 Å². The third-order valence-electron chi connectivity index (χ3n) is 4.37. The van der Waals surface area contributed by atoms with E-state index in [4.69, 9.17) is 9.47 Å². The van der Waals surface area contributed by atoms with Gasteiger partial charge in [-0.2, -0.15) is 0 Å². The molecule has 0 radical (unpaired) electrons. The van der Waals surface area contributed by atoms with Gasteiger partial charge in [-0.25, -0.2) is 14.6 Å². The normalized spacial score (nSPS) is 10.5. The van der Waals surface area contributed by atoms with Crippen molar-refractivity contribution in [1.29, 1.82) is 0 Å². The topological polar surface area (TPSA) is 115 Å². The van der Waals surface area contributed by atoms with Gasteiger partial charge < -0.3 is 19.9 Å². The fourth-order valence-corrected chi connectivity index (χ4v) is 3.75. The average molecular weight is 440 g/mol. The highest BCUT2D eigenvalue weighted by molar-refractivity contribution is 7.18. The van der Waals surface area contributed by atoms with E-state index in [0.717, 1.165) is 4.70 Å². The van der Waals surface area contributed by atoms with Crippen molar-refractivity contribution >= 4 is 45.3 Å². The molecule has 0 aliphatic carbocycles. The van der Waals surface area contributed by atoms with Crippen molar-refractivity contribution in [2.24, 2.45) is 0 Å². The summed E-state index contributed by atoms with van der Waals surface area (Å²) < 4.78 is 10.6. The molecule has 0 unspecified atom stereocenters. The maximum atomic E-state index is 12.7. The van der Waals surface area contributed by atoms with Gasteiger partial charge in [0.2, 0.25) is 0 Å². The van der Waals surface area contributed by atoms with Crippen LogP contribution in [0, 0.1) is 13.8 Å². The molecule has 1 aromatic heterocycles.